The van der Waals surface area contributed by atoms with Gasteiger partial charge in [0.15, 0.2) is 15.6 Å². The van der Waals surface area contributed by atoms with Crippen LogP contribution < -0.4 is 5.32 Å². The van der Waals surface area contributed by atoms with Gasteiger partial charge in [0.05, 0.1) is 10.4 Å². The molecule has 170 valence electrons. The molecule has 1 aliphatic heterocycles. The van der Waals surface area contributed by atoms with E-state index in [2.05, 4.69) is 25.3 Å². The van der Waals surface area contributed by atoms with Gasteiger partial charge < -0.3 is 4.98 Å². The number of hydrogen-bond acceptors (Lipinski definition) is 7. The molecule has 0 saturated heterocycles. The topological polar surface area (TPSA) is 134 Å². The zero-order valence-corrected chi connectivity index (χ0v) is 18.9. The van der Waals surface area contributed by atoms with Gasteiger partial charge in [0.2, 0.25) is 5.95 Å². The van der Waals surface area contributed by atoms with Gasteiger partial charge in [0, 0.05) is 48.2 Å². The highest BCUT2D eigenvalue weighted by Gasteiger charge is 2.21. The maximum Gasteiger partial charge on any atom is 0.276 e. The molecule has 2 aromatic heterocycles. The Bertz CT molecular complexity index is 1650. The summed E-state index contributed by atoms with van der Waals surface area (Å²) in [5, 5.41) is 4.41. The predicted molar refractivity (Wildman–Crippen MR) is 129 cm³/mol. The summed E-state index contributed by atoms with van der Waals surface area (Å²) in [6.07, 6.45) is 6.77. The van der Waals surface area contributed by atoms with Gasteiger partial charge in [-0.3, -0.25) is 24.9 Å². The lowest BCUT2D eigenvalue weighted by Gasteiger charge is -2.05. The number of hydrogen-bond donors (Lipinski definition) is 2. The summed E-state index contributed by atoms with van der Waals surface area (Å²) in [7, 11) is -3.60. The number of nitrogens with one attached hydrogen (secondary N) is 2. The zero-order valence-electron chi connectivity index (χ0n) is 18.1. The molecule has 10 heteroatoms. The van der Waals surface area contributed by atoms with E-state index in [-0.39, 0.29) is 39.8 Å². The molecule has 0 aliphatic carbocycles. The Morgan fingerprint density at radius 2 is 1.91 bits per heavy atom. The average molecular weight is 474 g/mol. The Balaban J connectivity index is 1.50. The molecular formula is C24H19N5O4S. The van der Waals surface area contributed by atoms with E-state index in [0.717, 1.165) is 17.0 Å². The lowest BCUT2D eigenvalue weighted by atomic mass is 10.0. The number of aliphatic imine (C=N–C) groups is 1. The monoisotopic (exact) mass is 473 g/mol. The van der Waals surface area contributed by atoms with Gasteiger partial charge in [-0.05, 0) is 23.6 Å². The molecule has 0 fully saturated rings. The number of nitrogens with zero attached hydrogens (tertiary/aromatic N) is 3. The van der Waals surface area contributed by atoms with Crippen LogP contribution in [0.2, 0.25) is 0 Å². The zero-order chi connectivity index (χ0) is 23.9. The van der Waals surface area contributed by atoms with E-state index < -0.39 is 15.7 Å². The summed E-state index contributed by atoms with van der Waals surface area (Å²) < 4.78 is 24.4. The van der Waals surface area contributed by atoms with Gasteiger partial charge in [0.25, 0.3) is 5.91 Å². The van der Waals surface area contributed by atoms with Gasteiger partial charge in [-0.25, -0.2) is 13.4 Å². The summed E-state index contributed by atoms with van der Waals surface area (Å²) in [5.41, 5.74) is 1.62. The summed E-state index contributed by atoms with van der Waals surface area (Å²) in [6.45, 7) is 0. The largest absolute Gasteiger partial charge is 0.324 e. The highest BCUT2D eigenvalue weighted by atomic mass is 32.2. The highest BCUT2D eigenvalue weighted by molar-refractivity contribution is 7.90. The number of aromatic amines is 1. The van der Waals surface area contributed by atoms with Gasteiger partial charge in [0.1, 0.15) is 11.2 Å². The SMILES string of the molecule is CS(=O)(=O)c1cc(C(=O)CC2=NC=CC2)c2nc(NC(=O)c3cc4ccccc4cn3)[nH]c2c1. The maximum absolute atomic E-state index is 13.0. The van der Waals surface area contributed by atoms with E-state index in [9.17, 15) is 18.0 Å². The molecule has 2 N–H and O–H groups in total. The maximum atomic E-state index is 13.0. The van der Waals surface area contributed by atoms with E-state index >= 15 is 0 Å². The molecule has 0 atom stereocenters. The highest BCUT2D eigenvalue weighted by Crippen LogP contribution is 2.26. The molecule has 2 aromatic carbocycles. The number of ketones is 1. The molecule has 9 nitrogen and oxygen atoms in total. The van der Waals surface area contributed by atoms with Crippen LogP contribution in [0.1, 0.15) is 33.7 Å². The minimum atomic E-state index is -3.60. The van der Waals surface area contributed by atoms with Gasteiger partial charge in [-0.15, -0.1) is 0 Å². The smallest absolute Gasteiger partial charge is 0.276 e. The van der Waals surface area contributed by atoms with Crippen molar-refractivity contribution in [2.24, 2.45) is 4.99 Å². The first-order chi connectivity index (χ1) is 16.3. The number of aromatic nitrogens is 3. The Morgan fingerprint density at radius 3 is 2.65 bits per heavy atom. The first-order valence-electron chi connectivity index (χ1n) is 10.4. The van der Waals surface area contributed by atoms with E-state index in [1.807, 2.05) is 30.3 Å². The number of rotatable bonds is 6. The minimum Gasteiger partial charge on any atom is -0.324 e. The van der Waals surface area contributed by atoms with E-state index in [0.29, 0.717) is 17.6 Å². The first-order valence-corrected chi connectivity index (χ1v) is 12.3. The molecule has 0 radical (unpaired) electrons. The number of amides is 1. The minimum absolute atomic E-state index is 0.0208. The van der Waals surface area contributed by atoms with Crippen molar-refractivity contribution in [3.05, 3.63) is 72.2 Å². The number of anilines is 1. The molecule has 0 spiro atoms. The van der Waals surface area contributed by atoms with Crippen LogP contribution in [-0.4, -0.2) is 47.0 Å². The van der Waals surface area contributed by atoms with Gasteiger partial charge in [-0.2, -0.15) is 0 Å². The van der Waals surface area contributed by atoms with Crippen molar-refractivity contribution in [3.63, 3.8) is 0 Å². The second kappa shape index (κ2) is 8.31. The number of sulfone groups is 1. The molecular weight excluding hydrogens is 454 g/mol. The van der Waals surface area contributed by atoms with Crippen LogP contribution in [-0.2, 0) is 9.84 Å². The molecule has 0 bridgehead atoms. The number of fused-ring (bicyclic) bond motifs is 2. The number of imidazole rings is 1. The third kappa shape index (κ3) is 4.23. The number of H-pyrrole nitrogens is 1. The molecule has 5 rings (SSSR count). The summed E-state index contributed by atoms with van der Waals surface area (Å²) in [4.78, 5) is 41.4. The van der Waals surface area contributed by atoms with Crippen molar-refractivity contribution in [2.75, 3.05) is 11.6 Å². The predicted octanol–water partition coefficient (Wildman–Crippen LogP) is 3.70. The summed E-state index contributed by atoms with van der Waals surface area (Å²) in [5.74, 6) is -0.722. The second-order valence-electron chi connectivity index (χ2n) is 7.98. The fraction of sp³-hybridized carbons (Fsp3) is 0.125. The molecule has 1 amide bonds. The number of Topliss-reactive ketones (excluding diaryl/α,β-unsaturated/α-hetero) is 1. The van der Waals surface area contributed by atoms with Crippen LogP contribution >= 0.6 is 0 Å². The average Bonchev–Trinajstić information content (AvgIpc) is 3.46. The number of pyridine rings is 1. The Morgan fingerprint density at radius 1 is 1.12 bits per heavy atom. The molecule has 1 aliphatic rings. The molecule has 0 saturated carbocycles. The van der Waals surface area contributed by atoms with Gasteiger partial charge in [-0.1, -0.05) is 30.3 Å². The lowest BCUT2D eigenvalue weighted by Crippen LogP contribution is -2.14. The van der Waals surface area contributed by atoms with Crippen molar-refractivity contribution in [1.82, 2.24) is 15.0 Å². The van der Waals surface area contributed by atoms with Crippen molar-refractivity contribution >= 4 is 55.0 Å². The number of carbonyl (C=O) groups excluding carboxylic acids is 2. The number of carbonyl (C=O) groups is 2. The third-order valence-corrected chi connectivity index (χ3v) is 6.56. The fourth-order valence-corrected chi connectivity index (χ4v) is 4.42. The van der Waals surface area contributed by atoms with E-state index in [1.165, 1.54) is 12.1 Å². The second-order valence-corrected chi connectivity index (χ2v) is 10.00. The van der Waals surface area contributed by atoms with E-state index in [1.54, 1.807) is 18.5 Å². The van der Waals surface area contributed by atoms with Crippen LogP contribution in [0.4, 0.5) is 5.95 Å². The molecule has 34 heavy (non-hydrogen) atoms. The fourth-order valence-electron chi connectivity index (χ4n) is 3.75. The van der Waals surface area contributed by atoms with Crippen LogP contribution in [0, 0.1) is 0 Å². The van der Waals surface area contributed by atoms with Crippen molar-refractivity contribution < 1.29 is 18.0 Å². The van der Waals surface area contributed by atoms with Crippen LogP contribution in [0.15, 0.2) is 70.8 Å². The Hall–Kier alpha value is -4.18. The summed E-state index contributed by atoms with van der Waals surface area (Å²) >= 11 is 0. The molecule has 0 unspecified atom stereocenters. The quantitative estimate of drug-likeness (QED) is 0.410. The van der Waals surface area contributed by atoms with Crippen LogP contribution in [0.5, 0.6) is 0 Å². The normalized spacial score (nSPS) is 13.4. The number of allylic oxidation sites excluding steroid dienone is 1. The van der Waals surface area contributed by atoms with Crippen molar-refractivity contribution in [2.45, 2.75) is 17.7 Å². The van der Waals surface area contributed by atoms with Crippen molar-refractivity contribution in [3.8, 4) is 0 Å². The van der Waals surface area contributed by atoms with Crippen molar-refractivity contribution in [1.29, 1.82) is 0 Å². The number of benzene rings is 2. The molecule has 3 heterocycles. The van der Waals surface area contributed by atoms with E-state index in [4.69, 9.17) is 0 Å². The molecule has 4 aromatic rings. The Kier molecular flexibility index (Phi) is 5.29. The summed E-state index contributed by atoms with van der Waals surface area (Å²) in [6, 6.07) is 11.9. The van der Waals surface area contributed by atoms with Crippen LogP contribution in [0.3, 0.4) is 0 Å². The first kappa shape index (κ1) is 21.7. The third-order valence-electron chi connectivity index (χ3n) is 5.46. The van der Waals surface area contributed by atoms with Crippen LogP contribution in [0.25, 0.3) is 21.8 Å². The van der Waals surface area contributed by atoms with Gasteiger partial charge >= 0.3 is 0 Å². The standard InChI is InChI=1S/C24H19N5O4S/c1-34(32,33)17-11-18(21(30)10-16-7-4-8-25-16)22-19(12-17)27-24(28-22)29-23(31)20-9-14-5-2-3-6-15(14)13-26-20/h2-6,8-9,11-13H,7,10H2,1H3,(H2,27,28,29,31). The Labute approximate surface area is 194 Å². The lowest BCUT2D eigenvalue weighted by molar-refractivity contribution is 0.0998.